The van der Waals surface area contributed by atoms with Gasteiger partial charge in [0.15, 0.2) is 6.10 Å². The van der Waals surface area contributed by atoms with E-state index in [0.717, 1.165) is 69.6 Å². The van der Waals surface area contributed by atoms with Gasteiger partial charge >= 0.3 is 17.9 Å². The second kappa shape index (κ2) is 49.8. The number of hydrogen-bond donors (Lipinski definition) is 0. The topological polar surface area (TPSA) is 78.9 Å². The van der Waals surface area contributed by atoms with E-state index >= 15 is 0 Å². The van der Waals surface area contributed by atoms with Gasteiger partial charge in [-0.3, -0.25) is 14.4 Å². The van der Waals surface area contributed by atoms with Gasteiger partial charge in [0.1, 0.15) is 13.2 Å². The highest BCUT2D eigenvalue weighted by Crippen LogP contribution is 2.18. The minimum atomic E-state index is -0.763. The zero-order valence-corrected chi connectivity index (χ0v) is 43.2. The maximum Gasteiger partial charge on any atom is 0.306 e. The Balaban J connectivity index is 4.25. The van der Waals surface area contributed by atoms with E-state index in [-0.39, 0.29) is 31.1 Å². The number of esters is 3. The normalized spacial score (nSPS) is 12.0. The van der Waals surface area contributed by atoms with Crippen molar-refractivity contribution in [1.29, 1.82) is 0 Å². The summed E-state index contributed by atoms with van der Waals surface area (Å²) in [6.07, 6.45) is 52.5. The summed E-state index contributed by atoms with van der Waals surface area (Å²) in [5.41, 5.74) is 0. The Morgan fingerprint density at radius 2 is 0.524 bits per heavy atom. The lowest BCUT2D eigenvalue weighted by atomic mass is 10.0. The average Bonchev–Trinajstić information content (AvgIpc) is 3.25. The highest BCUT2D eigenvalue weighted by atomic mass is 16.6. The molecule has 0 fully saturated rings. The maximum absolute atomic E-state index is 12.8. The fourth-order valence-corrected chi connectivity index (χ4v) is 8.70. The van der Waals surface area contributed by atoms with Crippen LogP contribution in [0.4, 0.5) is 0 Å². The highest BCUT2D eigenvalue weighted by molar-refractivity contribution is 5.71. The number of carbonyl (C=O) groups is 3. The molecule has 0 radical (unpaired) electrons. The second-order valence-electron chi connectivity index (χ2n) is 20.5. The molecule has 1 atom stereocenters. The van der Waals surface area contributed by atoms with Crippen LogP contribution in [0.2, 0.25) is 0 Å². The molecular weight excluding hydrogens is 781 g/mol. The Bertz CT molecular complexity index is 962. The summed E-state index contributed by atoms with van der Waals surface area (Å²) >= 11 is 0. The Labute approximate surface area is 393 Å². The Morgan fingerprint density at radius 3 is 0.778 bits per heavy atom. The van der Waals surface area contributed by atoms with Gasteiger partial charge in [0, 0.05) is 19.3 Å². The molecule has 0 aliphatic rings. The SMILES string of the molecule is CCCCCCCCCCCCCCCCCCCCCC(=O)O[C@@H](COC(=O)CCCCCCCCCCCCCCCC(C)C)COC(=O)CCCCCCCCCC(C)C. The summed E-state index contributed by atoms with van der Waals surface area (Å²) < 4.78 is 16.8. The molecule has 0 saturated carbocycles. The van der Waals surface area contributed by atoms with Gasteiger partial charge in [-0.15, -0.1) is 0 Å². The maximum atomic E-state index is 12.8. The Hall–Kier alpha value is -1.59. The molecule has 0 aromatic rings. The van der Waals surface area contributed by atoms with Gasteiger partial charge < -0.3 is 14.2 Å². The van der Waals surface area contributed by atoms with E-state index in [1.54, 1.807) is 0 Å². The monoisotopic (exact) mass is 891 g/mol. The van der Waals surface area contributed by atoms with Crippen LogP contribution in [0.1, 0.15) is 317 Å². The van der Waals surface area contributed by atoms with Gasteiger partial charge in [-0.2, -0.15) is 0 Å². The first-order valence-corrected chi connectivity index (χ1v) is 28.2. The van der Waals surface area contributed by atoms with Gasteiger partial charge in [0.2, 0.25) is 0 Å². The van der Waals surface area contributed by atoms with Crippen LogP contribution < -0.4 is 0 Å². The summed E-state index contributed by atoms with van der Waals surface area (Å²) in [7, 11) is 0. The minimum Gasteiger partial charge on any atom is -0.462 e. The molecule has 6 nitrogen and oxygen atoms in total. The van der Waals surface area contributed by atoms with Crippen molar-refractivity contribution in [3.8, 4) is 0 Å². The molecule has 0 rings (SSSR count). The first-order chi connectivity index (χ1) is 30.7. The summed E-state index contributed by atoms with van der Waals surface area (Å²) in [6.45, 7) is 11.4. The number of ether oxygens (including phenoxy) is 3. The van der Waals surface area contributed by atoms with Crippen molar-refractivity contribution in [2.75, 3.05) is 13.2 Å². The third-order valence-electron chi connectivity index (χ3n) is 13.0. The average molecular weight is 892 g/mol. The van der Waals surface area contributed by atoms with Gasteiger partial charge in [-0.1, -0.05) is 279 Å². The third kappa shape index (κ3) is 51.3. The van der Waals surface area contributed by atoms with Crippen molar-refractivity contribution < 1.29 is 28.6 Å². The Kier molecular flexibility index (Phi) is 48.6. The van der Waals surface area contributed by atoms with E-state index in [9.17, 15) is 14.4 Å². The van der Waals surface area contributed by atoms with E-state index in [0.29, 0.717) is 19.3 Å². The molecule has 0 bridgehead atoms. The summed E-state index contributed by atoms with van der Waals surface area (Å²) in [4.78, 5) is 38.0. The van der Waals surface area contributed by atoms with Gasteiger partial charge in [0.25, 0.3) is 0 Å². The molecule has 0 aliphatic carbocycles. The molecule has 0 saturated heterocycles. The van der Waals surface area contributed by atoms with Crippen molar-refractivity contribution in [1.82, 2.24) is 0 Å². The largest absolute Gasteiger partial charge is 0.462 e. The zero-order valence-electron chi connectivity index (χ0n) is 43.2. The van der Waals surface area contributed by atoms with Crippen molar-refractivity contribution in [3.63, 3.8) is 0 Å². The quantitative estimate of drug-likeness (QED) is 0.0344. The van der Waals surface area contributed by atoms with Crippen LogP contribution in [0.15, 0.2) is 0 Å². The van der Waals surface area contributed by atoms with E-state index in [2.05, 4.69) is 34.6 Å². The van der Waals surface area contributed by atoms with Crippen LogP contribution in [0.5, 0.6) is 0 Å². The molecule has 0 spiro atoms. The molecule has 0 amide bonds. The van der Waals surface area contributed by atoms with Crippen molar-refractivity contribution in [2.24, 2.45) is 11.8 Å². The third-order valence-corrected chi connectivity index (χ3v) is 13.0. The minimum absolute atomic E-state index is 0.0637. The first-order valence-electron chi connectivity index (χ1n) is 28.2. The van der Waals surface area contributed by atoms with Crippen LogP contribution in [0, 0.1) is 11.8 Å². The molecule has 0 aromatic heterocycles. The van der Waals surface area contributed by atoms with Crippen LogP contribution in [0.25, 0.3) is 0 Å². The molecular formula is C57H110O6. The molecule has 0 heterocycles. The molecule has 0 unspecified atom stereocenters. The standard InChI is InChI=1S/C57H110O6/c1-6-7-8-9-10-11-12-13-14-15-16-17-18-21-25-28-33-39-44-49-57(60)63-54(51-62-56(59)48-43-38-34-29-31-36-41-46-53(4)5)50-61-55(58)47-42-37-32-27-24-22-19-20-23-26-30-35-40-45-52(2)3/h52-54H,6-51H2,1-5H3/t54-/m0/s1. The molecule has 6 heteroatoms. The number of unbranched alkanes of at least 4 members (excludes halogenated alkanes) is 36. The van der Waals surface area contributed by atoms with E-state index in [1.807, 2.05) is 0 Å². The lowest BCUT2D eigenvalue weighted by molar-refractivity contribution is -0.167. The van der Waals surface area contributed by atoms with E-state index in [4.69, 9.17) is 14.2 Å². The number of carbonyl (C=O) groups excluding carboxylic acids is 3. The van der Waals surface area contributed by atoms with Crippen molar-refractivity contribution in [2.45, 2.75) is 323 Å². The highest BCUT2D eigenvalue weighted by Gasteiger charge is 2.19. The molecule has 374 valence electrons. The predicted octanol–water partition coefficient (Wildman–Crippen LogP) is 18.5. The fraction of sp³-hybridized carbons (Fsp3) is 0.947. The first kappa shape index (κ1) is 61.4. The Morgan fingerprint density at radius 1 is 0.302 bits per heavy atom. The lowest BCUT2D eigenvalue weighted by Crippen LogP contribution is -2.30. The van der Waals surface area contributed by atoms with Crippen molar-refractivity contribution >= 4 is 17.9 Å². The fourth-order valence-electron chi connectivity index (χ4n) is 8.70. The molecule has 0 aliphatic heterocycles. The van der Waals surface area contributed by atoms with E-state index < -0.39 is 6.10 Å². The van der Waals surface area contributed by atoms with Crippen LogP contribution in [-0.4, -0.2) is 37.2 Å². The van der Waals surface area contributed by atoms with Gasteiger partial charge in [0.05, 0.1) is 0 Å². The van der Waals surface area contributed by atoms with Gasteiger partial charge in [-0.25, -0.2) is 0 Å². The summed E-state index contributed by atoms with van der Waals surface area (Å²) in [5.74, 6) is 0.776. The summed E-state index contributed by atoms with van der Waals surface area (Å²) in [5, 5.41) is 0. The molecule has 0 N–H and O–H groups in total. The predicted molar refractivity (Wildman–Crippen MR) is 270 cm³/mol. The zero-order chi connectivity index (χ0) is 46.1. The van der Waals surface area contributed by atoms with Crippen molar-refractivity contribution in [3.05, 3.63) is 0 Å². The molecule has 63 heavy (non-hydrogen) atoms. The van der Waals surface area contributed by atoms with Crippen LogP contribution >= 0.6 is 0 Å². The van der Waals surface area contributed by atoms with Crippen LogP contribution in [0.3, 0.4) is 0 Å². The van der Waals surface area contributed by atoms with E-state index in [1.165, 1.54) is 205 Å². The lowest BCUT2D eigenvalue weighted by Gasteiger charge is -2.18. The smallest absolute Gasteiger partial charge is 0.306 e. The number of hydrogen-bond acceptors (Lipinski definition) is 6. The summed E-state index contributed by atoms with van der Waals surface area (Å²) in [6, 6.07) is 0. The molecule has 0 aromatic carbocycles. The number of rotatable bonds is 51. The van der Waals surface area contributed by atoms with Crippen LogP contribution in [-0.2, 0) is 28.6 Å². The second-order valence-corrected chi connectivity index (χ2v) is 20.5. The van der Waals surface area contributed by atoms with Gasteiger partial charge in [-0.05, 0) is 31.1 Å².